The number of nitrogens with zero attached hydrogens (tertiary/aromatic N) is 4. The van der Waals surface area contributed by atoms with Gasteiger partial charge in [0, 0.05) is 0 Å². The number of anilines is 1. The van der Waals surface area contributed by atoms with Crippen LogP contribution in [0.25, 0.3) is 5.69 Å². The zero-order valence-corrected chi connectivity index (χ0v) is 12.8. The van der Waals surface area contributed by atoms with E-state index in [4.69, 9.17) is 0 Å². The third kappa shape index (κ3) is 3.04. The first-order chi connectivity index (χ1) is 11.0. The first kappa shape index (κ1) is 15.1. The lowest BCUT2D eigenvalue weighted by atomic mass is 10.1. The SMILES string of the molecule is Cc1c(NS(=O)(=O)c2cccc(F)c2)cccc1-n1cnnn1. The van der Waals surface area contributed by atoms with Crippen LogP contribution in [0.15, 0.2) is 53.7 Å². The molecule has 0 atom stereocenters. The molecule has 3 aromatic rings. The molecule has 0 unspecified atom stereocenters. The molecule has 0 aliphatic heterocycles. The zero-order valence-electron chi connectivity index (χ0n) is 12.0. The highest BCUT2D eigenvalue weighted by Gasteiger charge is 2.17. The van der Waals surface area contributed by atoms with Crippen molar-refractivity contribution in [1.82, 2.24) is 20.2 Å². The summed E-state index contributed by atoms with van der Waals surface area (Å²) >= 11 is 0. The second-order valence-corrected chi connectivity index (χ2v) is 6.45. The summed E-state index contributed by atoms with van der Waals surface area (Å²) in [7, 11) is -3.89. The number of hydrogen-bond donors (Lipinski definition) is 1. The van der Waals surface area contributed by atoms with Crippen LogP contribution >= 0.6 is 0 Å². The summed E-state index contributed by atoms with van der Waals surface area (Å²) in [4.78, 5) is -0.148. The number of benzene rings is 2. The summed E-state index contributed by atoms with van der Waals surface area (Å²) in [5, 5.41) is 10.9. The van der Waals surface area contributed by atoms with Crippen LogP contribution in [-0.4, -0.2) is 28.6 Å². The van der Waals surface area contributed by atoms with Gasteiger partial charge in [-0.25, -0.2) is 17.5 Å². The van der Waals surface area contributed by atoms with Crippen molar-refractivity contribution in [3.05, 3.63) is 60.2 Å². The number of nitrogens with one attached hydrogen (secondary N) is 1. The number of rotatable bonds is 4. The topological polar surface area (TPSA) is 89.8 Å². The molecule has 9 heteroatoms. The standard InChI is InChI=1S/C14H12FN5O2S/c1-10-13(6-3-7-14(10)20-9-16-18-19-20)17-23(21,22)12-5-2-4-11(15)8-12/h2-9,17H,1H3. The molecule has 0 aliphatic rings. The monoisotopic (exact) mass is 333 g/mol. The number of aromatic nitrogens is 4. The number of hydrogen-bond acceptors (Lipinski definition) is 5. The average Bonchev–Trinajstić information content (AvgIpc) is 3.03. The van der Waals surface area contributed by atoms with Gasteiger partial charge in [-0.2, -0.15) is 0 Å². The van der Waals surface area contributed by atoms with Crippen LogP contribution in [0, 0.1) is 12.7 Å². The van der Waals surface area contributed by atoms with E-state index in [1.807, 2.05) is 0 Å². The molecule has 1 aromatic heterocycles. The van der Waals surface area contributed by atoms with E-state index in [0.717, 1.165) is 6.07 Å². The van der Waals surface area contributed by atoms with E-state index >= 15 is 0 Å². The molecule has 2 aromatic carbocycles. The lowest BCUT2D eigenvalue weighted by molar-refractivity contribution is 0.595. The molecule has 0 saturated heterocycles. The molecule has 1 heterocycles. The third-order valence-electron chi connectivity index (χ3n) is 3.25. The fraction of sp³-hybridized carbons (Fsp3) is 0.0714. The van der Waals surface area contributed by atoms with Gasteiger partial charge in [0.15, 0.2) is 0 Å². The minimum absolute atomic E-state index is 0.148. The van der Waals surface area contributed by atoms with Crippen LogP contribution in [-0.2, 0) is 10.0 Å². The maximum atomic E-state index is 13.2. The Morgan fingerprint density at radius 1 is 1.17 bits per heavy atom. The molecule has 0 spiro atoms. The highest BCUT2D eigenvalue weighted by Crippen LogP contribution is 2.24. The van der Waals surface area contributed by atoms with Crippen LogP contribution in [0.3, 0.4) is 0 Å². The van der Waals surface area contributed by atoms with Gasteiger partial charge in [0.1, 0.15) is 12.1 Å². The van der Waals surface area contributed by atoms with Gasteiger partial charge in [-0.15, -0.1) is 5.10 Å². The Labute approximate surface area is 131 Å². The molecular formula is C14H12FN5O2S. The van der Waals surface area contributed by atoms with E-state index < -0.39 is 15.8 Å². The van der Waals surface area contributed by atoms with E-state index in [1.165, 1.54) is 29.2 Å². The summed E-state index contributed by atoms with van der Waals surface area (Å²) in [6, 6.07) is 9.85. The Hall–Kier alpha value is -2.81. The number of sulfonamides is 1. The van der Waals surface area contributed by atoms with Crippen molar-refractivity contribution in [1.29, 1.82) is 0 Å². The molecule has 7 nitrogen and oxygen atoms in total. The normalized spacial score (nSPS) is 11.4. The molecule has 3 rings (SSSR count). The lowest BCUT2D eigenvalue weighted by Crippen LogP contribution is -2.14. The Bertz CT molecular complexity index is 942. The van der Waals surface area contributed by atoms with Crippen molar-refractivity contribution in [3.8, 4) is 5.69 Å². The molecule has 0 radical (unpaired) electrons. The predicted octanol–water partition coefficient (Wildman–Crippen LogP) is 1.91. The fourth-order valence-electron chi connectivity index (χ4n) is 2.09. The van der Waals surface area contributed by atoms with E-state index in [1.54, 1.807) is 25.1 Å². The highest BCUT2D eigenvalue weighted by molar-refractivity contribution is 7.92. The van der Waals surface area contributed by atoms with Crippen molar-refractivity contribution < 1.29 is 12.8 Å². The van der Waals surface area contributed by atoms with Gasteiger partial charge in [-0.3, -0.25) is 4.72 Å². The summed E-state index contributed by atoms with van der Waals surface area (Å²) < 4.78 is 41.9. The summed E-state index contributed by atoms with van der Waals surface area (Å²) in [5.41, 5.74) is 1.64. The van der Waals surface area contributed by atoms with Gasteiger partial charge in [-0.1, -0.05) is 12.1 Å². The summed E-state index contributed by atoms with van der Waals surface area (Å²) in [6.45, 7) is 1.74. The molecule has 0 amide bonds. The van der Waals surface area contributed by atoms with Crippen molar-refractivity contribution >= 4 is 15.7 Å². The van der Waals surface area contributed by atoms with E-state index in [-0.39, 0.29) is 4.90 Å². The summed E-state index contributed by atoms with van der Waals surface area (Å²) in [5.74, 6) is -0.618. The number of tetrazole rings is 1. The summed E-state index contributed by atoms with van der Waals surface area (Å²) in [6.07, 6.45) is 1.41. The van der Waals surface area contributed by atoms with Gasteiger partial charge >= 0.3 is 0 Å². The van der Waals surface area contributed by atoms with Crippen LogP contribution in [0.2, 0.25) is 0 Å². The van der Waals surface area contributed by atoms with Crippen molar-refractivity contribution in [2.45, 2.75) is 11.8 Å². The van der Waals surface area contributed by atoms with E-state index in [0.29, 0.717) is 16.9 Å². The maximum Gasteiger partial charge on any atom is 0.262 e. The van der Waals surface area contributed by atoms with Gasteiger partial charge in [0.25, 0.3) is 10.0 Å². The van der Waals surface area contributed by atoms with Crippen molar-refractivity contribution in [2.24, 2.45) is 0 Å². The molecule has 0 saturated carbocycles. The van der Waals surface area contributed by atoms with Crippen molar-refractivity contribution in [3.63, 3.8) is 0 Å². The van der Waals surface area contributed by atoms with Crippen LogP contribution in [0.1, 0.15) is 5.56 Å². The average molecular weight is 333 g/mol. The molecule has 0 bridgehead atoms. The zero-order chi connectivity index (χ0) is 16.4. The largest absolute Gasteiger partial charge is 0.279 e. The first-order valence-corrected chi connectivity index (χ1v) is 8.07. The van der Waals surface area contributed by atoms with Crippen LogP contribution in [0.4, 0.5) is 10.1 Å². The fourth-order valence-corrected chi connectivity index (χ4v) is 3.25. The minimum atomic E-state index is -3.89. The second-order valence-electron chi connectivity index (χ2n) is 4.77. The van der Waals surface area contributed by atoms with Gasteiger partial charge in [-0.05, 0) is 53.2 Å². The van der Waals surface area contributed by atoms with Crippen LogP contribution < -0.4 is 4.72 Å². The smallest absolute Gasteiger partial charge is 0.262 e. The Morgan fingerprint density at radius 3 is 2.65 bits per heavy atom. The molecule has 23 heavy (non-hydrogen) atoms. The molecule has 1 N–H and O–H groups in total. The van der Waals surface area contributed by atoms with E-state index in [2.05, 4.69) is 20.2 Å². The maximum absolute atomic E-state index is 13.2. The Balaban J connectivity index is 1.99. The Morgan fingerprint density at radius 2 is 1.96 bits per heavy atom. The second kappa shape index (κ2) is 5.76. The number of halogens is 1. The Kier molecular flexibility index (Phi) is 3.78. The molecule has 0 aliphatic carbocycles. The van der Waals surface area contributed by atoms with Gasteiger partial charge in [0.05, 0.1) is 16.3 Å². The highest BCUT2D eigenvalue weighted by atomic mass is 32.2. The van der Waals surface area contributed by atoms with E-state index in [9.17, 15) is 12.8 Å². The third-order valence-corrected chi connectivity index (χ3v) is 4.61. The van der Waals surface area contributed by atoms with Crippen LogP contribution in [0.5, 0.6) is 0 Å². The molecular weight excluding hydrogens is 321 g/mol. The first-order valence-electron chi connectivity index (χ1n) is 6.59. The minimum Gasteiger partial charge on any atom is -0.279 e. The predicted molar refractivity (Wildman–Crippen MR) is 81.1 cm³/mol. The molecule has 0 fully saturated rings. The lowest BCUT2D eigenvalue weighted by Gasteiger charge is -2.13. The molecule has 118 valence electrons. The quantitative estimate of drug-likeness (QED) is 0.788. The van der Waals surface area contributed by atoms with Crippen molar-refractivity contribution in [2.75, 3.05) is 4.72 Å². The van der Waals surface area contributed by atoms with Gasteiger partial charge < -0.3 is 0 Å². The van der Waals surface area contributed by atoms with Gasteiger partial charge in [0.2, 0.25) is 0 Å².